The van der Waals surface area contributed by atoms with Crippen LogP contribution in [0.1, 0.15) is 11.1 Å². The minimum Gasteiger partial charge on any atom is -0.369 e. The molecule has 0 heterocycles. The Balaban J connectivity index is 2.80. The van der Waals surface area contributed by atoms with Gasteiger partial charge in [0.25, 0.3) is 0 Å². The second-order valence-electron chi connectivity index (χ2n) is 3.21. The van der Waals surface area contributed by atoms with Crippen molar-refractivity contribution in [1.82, 2.24) is 0 Å². The highest BCUT2D eigenvalue weighted by atomic mass is 15.3. The van der Waals surface area contributed by atoms with Crippen molar-refractivity contribution in [1.29, 1.82) is 0 Å². The second kappa shape index (κ2) is 6.63. The average molecular weight is 246 g/mol. The van der Waals surface area contributed by atoms with E-state index in [-0.39, 0.29) is 11.9 Å². The lowest BCUT2D eigenvalue weighted by molar-refractivity contribution is 1.21. The maximum atomic E-state index is 5.13. The maximum Gasteiger partial charge on any atom is 0.211 e. The Bertz CT molecular complexity index is 463. The van der Waals surface area contributed by atoms with Crippen LogP contribution in [-0.4, -0.2) is 24.3 Å². The van der Waals surface area contributed by atoms with Crippen LogP contribution < -0.4 is 22.9 Å². The molecule has 18 heavy (non-hydrogen) atoms. The van der Waals surface area contributed by atoms with E-state index in [4.69, 9.17) is 22.9 Å². The molecule has 0 aliphatic carbocycles. The normalized spacial score (nSPS) is 10.7. The summed E-state index contributed by atoms with van der Waals surface area (Å²) in [6.45, 7) is 0. The highest BCUT2D eigenvalue weighted by Crippen LogP contribution is 2.01. The molecule has 0 atom stereocenters. The minimum atomic E-state index is -0.100. The Morgan fingerprint density at radius 1 is 0.833 bits per heavy atom. The topological polar surface area (TPSA) is 154 Å². The predicted molar refractivity (Wildman–Crippen MR) is 73.2 cm³/mol. The fraction of sp³-hybridized carbons (Fsp3) is 0. The second-order valence-corrected chi connectivity index (χ2v) is 3.21. The van der Waals surface area contributed by atoms with Crippen molar-refractivity contribution in [3.05, 3.63) is 35.4 Å². The summed E-state index contributed by atoms with van der Waals surface area (Å²) in [4.78, 5) is 0. The standard InChI is InChI=1S/C10H14N8/c11-9(12)17-15-5-7-2-1-3-8(4-7)6-16-18-10(13)14/h1-6H,(H4,11,12,17)(H4,13,14,18)/b15-5-,16-6-. The Morgan fingerprint density at radius 2 is 1.28 bits per heavy atom. The molecule has 8 nitrogen and oxygen atoms in total. The van der Waals surface area contributed by atoms with Crippen molar-refractivity contribution in [3.8, 4) is 0 Å². The highest BCUT2D eigenvalue weighted by Gasteiger charge is 1.90. The Labute approximate surface area is 104 Å². The van der Waals surface area contributed by atoms with Gasteiger partial charge in [0.1, 0.15) is 0 Å². The molecule has 0 spiro atoms. The van der Waals surface area contributed by atoms with Crippen LogP contribution in [0, 0.1) is 0 Å². The molecule has 1 rings (SSSR count). The third kappa shape index (κ3) is 5.26. The van der Waals surface area contributed by atoms with Gasteiger partial charge in [-0.15, -0.1) is 10.2 Å². The van der Waals surface area contributed by atoms with Gasteiger partial charge < -0.3 is 22.9 Å². The predicted octanol–water partition coefficient (Wildman–Crippen LogP) is -1.10. The van der Waals surface area contributed by atoms with Crippen LogP contribution in [0.25, 0.3) is 0 Å². The molecular formula is C10H14N8. The molecule has 8 N–H and O–H groups in total. The Morgan fingerprint density at radius 3 is 1.67 bits per heavy atom. The molecule has 0 bridgehead atoms. The van der Waals surface area contributed by atoms with Crippen molar-refractivity contribution in [2.24, 2.45) is 43.3 Å². The van der Waals surface area contributed by atoms with Crippen LogP contribution in [0.3, 0.4) is 0 Å². The molecule has 1 aromatic carbocycles. The Hall–Kier alpha value is -2.90. The maximum absolute atomic E-state index is 5.13. The van der Waals surface area contributed by atoms with Crippen molar-refractivity contribution in [3.63, 3.8) is 0 Å². The molecular weight excluding hydrogens is 232 g/mol. The summed E-state index contributed by atoms with van der Waals surface area (Å²) >= 11 is 0. The molecule has 8 heteroatoms. The van der Waals surface area contributed by atoms with Crippen molar-refractivity contribution < 1.29 is 0 Å². The monoisotopic (exact) mass is 246 g/mol. The van der Waals surface area contributed by atoms with Crippen LogP contribution >= 0.6 is 0 Å². The molecule has 0 fully saturated rings. The van der Waals surface area contributed by atoms with Gasteiger partial charge in [0, 0.05) is 0 Å². The van der Waals surface area contributed by atoms with Crippen molar-refractivity contribution in [2.75, 3.05) is 0 Å². The number of nitrogens with zero attached hydrogens (tertiary/aromatic N) is 4. The molecule has 0 radical (unpaired) electrons. The first-order chi connectivity index (χ1) is 8.58. The largest absolute Gasteiger partial charge is 0.369 e. The summed E-state index contributed by atoms with van der Waals surface area (Å²) in [5.41, 5.74) is 22.2. The van der Waals surface area contributed by atoms with E-state index in [0.29, 0.717) is 0 Å². The molecule has 1 aromatic rings. The van der Waals surface area contributed by atoms with E-state index in [1.807, 2.05) is 24.3 Å². The minimum absolute atomic E-state index is 0.100. The van der Waals surface area contributed by atoms with Gasteiger partial charge >= 0.3 is 0 Å². The summed E-state index contributed by atoms with van der Waals surface area (Å²) in [5.74, 6) is -0.201. The first-order valence-corrected chi connectivity index (χ1v) is 4.92. The number of guanidine groups is 2. The zero-order valence-corrected chi connectivity index (χ0v) is 9.56. The number of hydrogen-bond acceptors (Lipinski definition) is 4. The van der Waals surface area contributed by atoms with E-state index in [1.54, 1.807) is 0 Å². The molecule has 94 valence electrons. The van der Waals surface area contributed by atoms with Gasteiger partial charge in [-0.05, 0) is 17.2 Å². The summed E-state index contributed by atoms with van der Waals surface area (Å²) in [5, 5.41) is 14.4. The summed E-state index contributed by atoms with van der Waals surface area (Å²) in [7, 11) is 0. The number of hydrogen-bond donors (Lipinski definition) is 4. The van der Waals surface area contributed by atoms with E-state index >= 15 is 0 Å². The van der Waals surface area contributed by atoms with Gasteiger partial charge in [0.2, 0.25) is 11.9 Å². The zero-order valence-electron chi connectivity index (χ0n) is 9.56. The lowest BCUT2D eigenvalue weighted by Gasteiger charge is -1.94. The molecule has 0 aliphatic heterocycles. The lowest BCUT2D eigenvalue weighted by Crippen LogP contribution is -2.21. The molecule has 0 unspecified atom stereocenters. The number of rotatable bonds is 4. The van der Waals surface area contributed by atoms with Gasteiger partial charge in [-0.3, -0.25) is 0 Å². The fourth-order valence-electron chi connectivity index (χ4n) is 1.04. The van der Waals surface area contributed by atoms with Crippen LogP contribution in [0.2, 0.25) is 0 Å². The van der Waals surface area contributed by atoms with Crippen molar-refractivity contribution in [2.45, 2.75) is 0 Å². The van der Waals surface area contributed by atoms with Gasteiger partial charge in [-0.2, -0.15) is 10.2 Å². The number of benzene rings is 1. The highest BCUT2D eigenvalue weighted by molar-refractivity contribution is 5.87. The molecule has 0 saturated heterocycles. The van der Waals surface area contributed by atoms with E-state index < -0.39 is 0 Å². The van der Waals surface area contributed by atoms with Crippen LogP contribution in [0.5, 0.6) is 0 Å². The third-order valence-corrected chi connectivity index (χ3v) is 1.67. The fourth-order valence-corrected chi connectivity index (χ4v) is 1.04. The molecule has 0 aliphatic rings. The summed E-state index contributed by atoms with van der Waals surface area (Å²) in [6.07, 6.45) is 3.02. The molecule has 0 saturated carbocycles. The summed E-state index contributed by atoms with van der Waals surface area (Å²) in [6, 6.07) is 7.32. The third-order valence-electron chi connectivity index (χ3n) is 1.67. The zero-order chi connectivity index (χ0) is 13.4. The first kappa shape index (κ1) is 13.2. The van der Waals surface area contributed by atoms with Crippen molar-refractivity contribution >= 4 is 24.3 Å². The molecule has 0 amide bonds. The van der Waals surface area contributed by atoms with Gasteiger partial charge in [0.05, 0.1) is 12.4 Å². The van der Waals surface area contributed by atoms with Gasteiger partial charge in [-0.25, -0.2) is 0 Å². The summed E-state index contributed by atoms with van der Waals surface area (Å²) < 4.78 is 0. The lowest BCUT2D eigenvalue weighted by atomic mass is 10.1. The average Bonchev–Trinajstić information content (AvgIpc) is 2.28. The quantitative estimate of drug-likeness (QED) is 0.302. The van der Waals surface area contributed by atoms with E-state index in [2.05, 4.69) is 20.4 Å². The number of nitrogens with two attached hydrogens (primary N) is 4. The van der Waals surface area contributed by atoms with E-state index in [1.165, 1.54) is 12.4 Å². The first-order valence-electron chi connectivity index (χ1n) is 4.92. The molecule has 0 aromatic heterocycles. The SMILES string of the molecule is NC(N)=N/N=C\c1cccc(/C=N\N=C(N)N)c1. The van der Waals surface area contributed by atoms with Crippen LogP contribution in [0.4, 0.5) is 0 Å². The smallest absolute Gasteiger partial charge is 0.211 e. The Kier molecular flexibility index (Phi) is 4.85. The van der Waals surface area contributed by atoms with Crippen LogP contribution in [0.15, 0.2) is 44.7 Å². The van der Waals surface area contributed by atoms with E-state index in [0.717, 1.165) is 11.1 Å². The van der Waals surface area contributed by atoms with Crippen LogP contribution in [-0.2, 0) is 0 Å². The van der Waals surface area contributed by atoms with Gasteiger partial charge in [0.15, 0.2) is 0 Å². The van der Waals surface area contributed by atoms with E-state index in [9.17, 15) is 0 Å². The van der Waals surface area contributed by atoms with Gasteiger partial charge in [-0.1, -0.05) is 18.2 Å².